The highest BCUT2D eigenvalue weighted by molar-refractivity contribution is 8.00. The van der Waals surface area contributed by atoms with Gasteiger partial charge in [-0.15, -0.1) is 11.8 Å². The molecular weight excluding hydrogens is 396 g/mol. The van der Waals surface area contributed by atoms with E-state index in [-0.39, 0.29) is 17.2 Å². The Balaban J connectivity index is 1.47. The SMILES string of the molecule is COc1cccc(N2C(=O)CS[C@H]2c2ccc(NC(=O)Cc3ccccc3)cc2)c1. The lowest BCUT2D eigenvalue weighted by Gasteiger charge is -2.25. The number of methoxy groups -OCH3 is 1. The van der Waals surface area contributed by atoms with Gasteiger partial charge in [-0.1, -0.05) is 48.5 Å². The molecule has 1 N–H and O–H groups in total. The molecule has 6 heteroatoms. The Labute approximate surface area is 180 Å². The average molecular weight is 419 g/mol. The van der Waals surface area contributed by atoms with Crippen LogP contribution in [0.4, 0.5) is 11.4 Å². The van der Waals surface area contributed by atoms with Crippen LogP contribution in [0.2, 0.25) is 0 Å². The van der Waals surface area contributed by atoms with Crippen molar-refractivity contribution in [3.05, 3.63) is 90.0 Å². The molecule has 1 aliphatic rings. The minimum absolute atomic E-state index is 0.0580. The molecule has 4 rings (SSSR count). The lowest BCUT2D eigenvalue weighted by molar-refractivity contribution is -0.116. The summed E-state index contributed by atoms with van der Waals surface area (Å²) in [5.41, 5.74) is 3.53. The number of carbonyl (C=O) groups excluding carboxylic acids is 2. The molecule has 0 radical (unpaired) electrons. The minimum Gasteiger partial charge on any atom is -0.497 e. The van der Waals surface area contributed by atoms with E-state index < -0.39 is 0 Å². The zero-order chi connectivity index (χ0) is 20.9. The second-order valence-corrected chi connectivity index (χ2v) is 8.03. The molecule has 1 atom stereocenters. The number of rotatable bonds is 6. The van der Waals surface area contributed by atoms with E-state index in [1.54, 1.807) is 23.8 Å². The number of nitrogens with zero attached hydrogens (tertiary/aromatic N) is 1. The number of hydrogen-bond donors (Lipinski definition) is 1. The molecular formula is C24H22N2O3S. The summed E-state index contributed by atoms with van der Waals surface area (Å²) in [6.45, 7) is 0. The monoisotopic (exact) mass is 418 g/mol. The third kappa shape index (κ3) is 4.49. The average Bonchev–Trinajstić information content (AvgIpc) is 3.16. The van der Waals surface area contributed by atoms with Gasteiger partial charge in [-0.05, 0) is 35.4 Å². The first kappa shape index (κ1) is 20.0. The number of thioether (sulfide) groups is 1. The Kier molecular flexibility index (Phi) is 6.05. The summed E-state index contributed by atoms with van der Waals surface area (Å²) in [6.07, 6.45) is 0.333. The van der Waals surface area contributed by atoms with E-state index >= 15 is 0 Å². The number of carbonyl (C=O) groups is 2. The molecule has 1 aliphatic heterocycles. The van der Waals surface area contributed by atoms with E-state index in [9.17, 15) is 9.59 Å². The molecule has 1 saturated heterocycles. The fourth-order valence-electron chi connectivity index (χ4n) is 3.43. The molecule has 30 heavy (non-hydrogen) atoms. The van der Waals surface area contributed by atoms with Crippen LogP contribution in [0, 0.1) is 0 Å². The van der Waals surface area contributed by atoms with E-state index in [0.717, 1.165) is 22.5 Å². The first-order chi connectivity index (χ1) is 14.6. The summed E-state index contributed by atoms with van der Waals surface area (Å²) < 4.78 is 5.30. The molecule has 2 amide bonds. The third-order valence-corrected chi connectivity index (χ3v) is 6.10. The van der Waals surface area contributed by atoms with Crippen LogP contribution in [-0.2, 0) is 16.0 Å². The van der Waals surface area contributed by atoms with Gasteiger partial charge in [0.1, 0.15) is 11.1 Å². The molecule has 152 valence electrons. The molecule has 1 fully saturated rings. The number of anilines is 2. The fourth-order valence-corrected chi connectivity index (χ4v) is 4.61. The molecule has 1 heterocycles. The summed E-state index contributed by atoms with van der Waals surface area (Å²) in [7, 11) is 1.61. The number of ether oxygens (including phenoxy) is 1. The molecule has 3 aromatic carbocycles. The Hall–Kier alpha value is -3.25. The number of benzene rings is 3. The molecule has 3 aromatic rings. The van der Waals surface area contributed by atoms with Crippen molar-refractivity contribution < 1.29 is 14.3 Å². The first-order valence-corrected chi connectivity index (χ1v) is 10.7. The van der Waals surface area contributed by atoms with Crippen LogP contribution in [-0.4, -0.2) is 24.7 Å². The zero-order valence-electron chi connectivity index (χ0n) is 16.6. The van der Waals surface area contributed by atoms with Gasteiger partial charge in [0, 0.05) is 17.4 Å². The molecule has 0 aromatic heterocycles. The Morgan fingerprint density at radius 3 is 2.57 bits per heavy atom. The maximum Gasteiger partial charge on any atom is 0.238 e. The predicted octanol–water partition coefficient (Wildman–Crippen LogP) is 4.66. The van der Waals surface area contributed by atoms with E-state index in [0.29, 0.717) is 17.9 Å². The van der Waals surface area contributed by atoms with E-state index in [1.165, 1.54) is 0 Å². The number of amides is 2. The molecule has 0 bridgehead atoms. The summed E-state index contributed by atoms with van der Waals surface area (Å²) in [4.78, 5) is 26.6. The Morgan fingerprint density at radius 1 is 1.07 bits per heavy atom. The molecule has 0 aliphatic carbocycles. The largest absolute Gasteiger partial charge is 0.497 e. The third-order valence-electron chi connectivity index (χ3n) is 4.89. The van der Waals surface area contributed by atoms with Crippen LogP contribution in [0.25, 0.3) is 0 Å². The number of hydrogen-bond acceptors (Lipinski definition) is 4. The van der Waals surface area contributed by atoms with E-state index in [4.69, 9.17) is 4.74 Å². The van der Waals surface area contributed by atoms with Crippen LogP contribution in [0.3, 0.4) is 0 Å². The van der Waals surface area contributed by atoms with Crippen molar-refractivity contribution in [1.29, 1.82) is 0 Å². The van der Waals surface area contributed by atoms with Gasteiger partial charge in [0.25, 0.3) is 0 Å². The normalized spacial score (nSPS) is 15.8. The number of nitrogens with one attached hydrogen (secondary N) is 1. The van der Waals surface area contributed by atoms with Crippen molar-refractivity contribution in [2.45, 2.75) is 11.8 Å². The van der Waals surface area contributed by atoms with Gasteiger partial charge in [0.05, 0.1) is 19.3 Å². The highest BCUT2D eigenvalue weighted by Crippen LogP contribution is 2.42. The maximum absolute atomic E-state index is 12.6. The second-order valence-electron chi connectivity index (χ2n) is 6.96. The van der Waals surface area contributed by atoms with Crippen molar-refractivity contribution in [2.75, 3.05) is 23.1 Å². The lowest BCUT2D eigenvalue weighted by Crippen LogP contribution is -2.27. The lowest BCUT2D eigenvalue weighted by atomic mass is 10.1. The summed E-state index contributed by atoms with van der Waals surface area (Å²) in [6, 6.07) is 24.9. The molecule has 0 unspecified atom stereocenters. The van der Waals surface area contributed by atoms with Crippen LogP contribution in [0.1, 0.15) is 16.5 Å². The second kappa shape index (κ2) is 9.05. The summed E-state index contributed by atoms with van der Waals surface area (Å²) >= 11 is 1.59. The van der Waals surface area contributed by atoms with Crippen molar-refractivity contribution in [3.63, 3.8) is 0 Å². The van der Waals surface area contributed by atoms with Crippen molar-refractivity contribution in [3.8, 4) is 5.75 Å². The summed E-state index contributed by atoms with van der Waals surface area (Å²) in [5.74, 6) is 1.15. The van der Waals surface area contributed by atoms with E-state index in [2.05, 4.69) is 5.32 Å². The van der Waals surface area contributed by atoms with Gasteiger partial charge in [-0.25, -0.2) is 0 Å². The quantitative estimate of drug-likeness (QED) is 0.633. The van der Waals surface area contributed by atoms with Crippen LogP contribution in [0.15, 0.2) is 78.9 Å². The molecule has 0 spiro atoms. The topological polar surface area (TPSA) is 58.6 Å². The highest BCUT2D eigenvalue weighted by Gasteiger charge is 2.34. The van der Waals surface area contributed by atoms with Gasteiger partial charge < -0.3 is 10.1 Å². The van der Waals surface area contributed by atoms with Crippen molar-refractivity contribution in [2.24, 2.45) is 0 Å². The van der Waals surface area contributed by atoms with Gasteiger partial charge in [-0.3, -0.25) is 14.5 Å². The first-order valence-electron chi connectivity index (χ1n) is 9.65. The van der Waals surface area contributed by atoms with E-state index in [1.807, 2.05) is 78.9 Å². The predicted molar refractivity (Wildman–Crippen MR) is 121 cm³/mol. The fraction of sp³-hybridized carbons (Fsp3) is 0.167. The maximum atomic E-state index is 12.6. The standard InChI is InChI=1S/C24H22N2O3S/c1-29-21-9-5-8-20(15-21)26-23(28)16-30-24(26)18-10-12-19(13-11-18)25-22(27)14-17-6-3-2-4-7-17/h2-13,15,24H,14,16H2,1H3,(H,25,27)/t24-/m0/s1. The van der Waals surface area contributed by atoms with Gasteiger partial charge in [-0.2, -0.15) is 0 Å². The minimum atomic E-state index is -0.112. The van der Waals surface area contributed by atoms with Crippen LogP contribution in [0.5, 0.6) is 5.75 Å². The zero-order valence-corrected chi connectivity index (χ0v) is 17.4. The van der Waals surface area contributed by atoms with Crippen LogP contribution < -0.4 is 15.0 Å². The molecule has 5 nitrogen and oxygen atoms in total. The van der Waals surface area contributed by atoms with Crippen molar-refractivity contribution in [1.82, 2.24) is 0 Å². The molecule has 0 saturated carbocycles. The van der Waals surface area contributed by atoms with Crippen molar-refractivity contribution >= 4 is 35.0 Å². The van der Waals surface area contributed by atoms with Gasteiger partial charge >= 0.3 is 0 Å². The summed E-state index contributed by atoms with van der Waals surface area (Å²) in [5, 5.41) is 2.82. The van der Waals surface area contributed by atoms with Gasteiger partial charge in [0.2, 0.25) is 11.8 Å². The van der Waals surface area contributed by atoms with Gasteiger partial charge in [0.15, 0.2) is 0 Å². The Bertz CT molecular complexity index is 1040. The highest BCUT2D eigenvalue weighted by atomic mass is 32.2. The Morgan fingerprint density at radius 2 is 1.83 bits per heavy atom. The van der Waals surface area contributed by atoms with Crippen LogP contribution >= 0.6 is 11.8 Å². The smallest absolute Gasteiger partial charge is 0.238 e.